The third kappa shape index (κ3) is 2.25. The van der Waals surface area contributed by atoms with Gasteiger partial charge >= 0.3 is 16.1 Å². The quantitative estimate of drug-likeness (QED) is 0.770. The van der Waals surface area contributed by atoms with E-state index in [2.05, 4.69) is 0 Å². The fourth-order valence-electron chi connectivity index (χ4n) is 1.17. The number of furan rings is 1. The van der Waals surface area contributed by atoms with Crippen molar-refractivity contribution in [1.82, 2.24) is 0 Å². The van der Waals surface area contributed by atoms with Gasteiger partial charge < -0.3 is 8.60 Å². The maximum atomic E-state index is 11.7. The Morgan fingerprint density at radius 2 is 1.81 bits per heavy atom. The Balaban J connectivity index is 2.29. The highest BCUT2D eigenvalue weighted by Gasteiger charge is 2.17. The zero-order valence-electron chi connectivity index (χ0n) is 8.58. The molecule has 16 heavy (non-hydrogen) atoms. The first-order chi connectivity index (χ1) is 7.58. The lowest BCUT2D eigenvalue weighted by Gasteiger charge is -2.03. The van der Waals surface area contributed by atoms with Crippen LogP contribution in [-0.4, -0.2) is 8.42 Å². The lowest BCUT2D eigenvalue weighted by atomic mass is 10.2. The van der Waals surface area contributed by atoms with Crippen LogP contribution in [0.5, 0.6) is 5.95 Å². The van der Waals surface area contributed by atoms with E-state index in [1.807, 2.05) is 6.92 Å². The molecule has 0 radical (unpaired) electrons. The van der Waals surface area contributed by atoms with Gasteiger partial charge in [-0.2, -0.15) is 8.42 Å². The molecule has 1 heterocycles. The van der Waals surface area contributed by atoms with Crippen molar-refractivity contribution in [3.8, 4) is 5.95 Å². The highest BCUT2D eigenvalue weighted by atomic mass is 32.2. The molecule has 4 nitrogen and oxygen atoms in total. The highest BCUT2D eigenvalue weighted by molar-refractivity contribution is 7.87. The first-order valence-electron chi connectivity index (χ1n) is 4.62. The zero-order chi connectivity index (χ0) is 11.6. The molecule has 5 heteroatoms. The summed E-state index contributed by atoms with van der Waals surface area (Å²) in [5, 5.41) is 0. The minimum absolute atomic E-state index is 0.0411. The van der Waals surface area contributed by atoms with Gasteiger partial charge in [0, 0.05) is 6.07 Å². The van der Waals surface area contributed by atoms with Crippen LogP contribution in [0.3, 0.4) is 0 Å². The summed E-state index contributed by atoms with van der Waals surface area (Å²) < 4.78 is 33.0. The predicted molar refractivity (Wildman–Crippen MR) is 57.7 cm³/mol. The standard InChI is InChI=1S/C11H10O4S/c1-9-4-6-10(7-5-9)16(12,13)15-11-3-2-8-14-11/h2-8H,1H3. The number of hydrogen-bond acceptors (Lipinski definition) is 4. The predicted octanol–water partition coefficient (Wildman–Crippen LogP) is 2.36. The van der Waals surface area contributed by atoms with Gasteiger partial charge in [0.15, 0.2) is 0 Å². The average Bonchev–Trinajstić information content (AvgIpc) is 2.70. The second-order valence-corrected chi connectivity index (χ2v) is 4.83. The van der Waals surface area contributed by atoms with E-state index < -0.39 is 10.1 Å². The van der Waals surface area contributed by atoms with Crippen molar-refractivity contribution in [2.24, 2.45) is 0 Å². The van der Waals surface area contributed by atoms with Gasteiger partial charge in [0.1, 0.15) is 4.90 Å². The summed E-state index contributed by atoms with van der Waals surface area (Å²) in [6.45, 7) is 1.88. The van der Waals surface area contributed by atoms with Crippen molar-refractivity contribution in [3.63, 3.8) is 0 Å². The summed E-state index contributed by atoms with van der Waals surface area (Å²) in [6, 6.07) is 9.39. The van der Waals surface area contributed by atoms with E-state index in [9.17, 15) is 8.42 Å². The molecular weight excluding hydrogens is 228 g/mol. The van der Waals surface area contributed by atoms with Crippen LogP contribution < -0.4 is 4.18 Å². The Kier molecular flexibility index (Phi) is 2.70. The van der Waals surface area contributed by atoms with E-state index in [0.29, 0.717) is 0 Å². The van der Waals surface area contributed by atoms with E-state index in [1.165, 1.54) is 24.5 Å². The Morgan fingerprint density at radius 1 is 1.12 bits per heavy atom. The largest absolute Gasteiger partial charge is 0.433 e. The normalized spacial score (nSPS) is 11.3. The Bertz CT molecular complexity index is 553. The van der Waals surface area contributed by atoms with Crippen molar-refractivity contribution >= 4 is 10.1 Å². The van der Waals surface area contributed by atoms with Gasteiger partial charge in [-0.1, -0.05) is 17.7 Å². The maximum Gasteiger partial charge on any atom is 0.341 e. The molecule has 0 unspecified atom stereocenters. The SMILES string of the molecule is Cc1ccc(S(=O)(=O)Oc2ccco2)cc1. The summed E-state index contributed by atoms with van der Waals surface area (Å²) in [6.07, 6.45) is 1.35. The summed E-state index contributed by atoms with van der Waals surface area (Å²) >= 11 is 0. The summed E-state index contributed by atoms with van der Waals surface area (Å²) in [5.74, 6) is -0.0411. The molecule has 1 aromatic heterocycles. The van der Waals surface area contributed by atoms with Gasteiger partial charge in [0.25, 0.3) is 0 Å². The van der Waals surface area contributed by atoms with Gasteiger partial charge in [-0.25, -0.2) is 0 Å². The molecule has 0 amide bonds. The molecule has 0 bridgehead atoms. The van der Waals surface area contributed by atoms with Gasteiger partial charge in [-0.3, -0.25) is 0 Å². The third-order valence-electron chi connectivity index (χ3n) is 2.00. The van der Waals surface area contributed by atoms with E-state index in [-0.39, 0.29) is 10.8 Å². The topological polar surface area (TPSA) is 56.5 Å². The molecule has 0 saturated carbocycles. The first-order valence-corrected chi connectivity index (χ1v) is 6.03. The summed E-state index contributed by atoms with van der Waals surface area (Å²) in [4.78, 5) is 0.106. The van der Waals surface area contributed by atoms with Crippen LogP contribution in [0.4, 0.5) is 0 Å². The molecule has 1 aromatic carbocycles. The number of benzene rings is 1. The first kappa shape index (κ1) is 10.8. The van der Waals surface area contributed by atoms with Crippen LogP contribution in [0.2, 0.25) is 0 Å². The van der Waals surface area contributed by atoms with Crippen LogP contribution in [0, 0.1) is 6.92 Å². The van der Waals surface area contributed by atoms with E-state index >= 15 is 0 Å². The molecule has 0 aliphatic rings. The molecule has 84 valence electrons. The Morgan fingerprint density at radius 3 is 2.38 bits per heavy atom. The van der Waals surface area contributed by atoms with Crippen LogP contribution in [0.25, 0.3) is 0 Å². The monoisotopic (exact) mass is 238 g/mol. The Hall–Kier alpha value is -1.75. The molecular formula is C11H10O4S. The second kappa shape index (κ2) is 4.02. The van der Waals surface area contributed by atoms with Crippen LogP contribution >= 0.6 is 0 Å². The molecule has 0 saturated heterocycles. The average molecular weight is 238 g/mol. The van der Waals surface area contributed by atoms with Gasteiger partial charge in [0.05, 0.1) is 6.26 Å². The third-order valence-corrected chi connectivity index (χ3v) is 3.23. The molecule has 0 N–H and O–H groups in total. The lowest BCUT2D eigenvalue weighted by molar-refractivity contribution is 0.382. The van der Waals surface area contributed by atoms with Crippen LogP contribution in [0.15, 0.2) is 52.0 Å². The molecule has 0 aliphatic carbocycles. The van der Waals surface area contributed by atoms with Crippen LogP contribution in [0.1, 0.15) is 5.56 Å². The smallest absolute Gasteiger partial charge is 0.341 e. The van der Waals surface area contributed by atoms with E-state index in [0.717, 1.165) is 5.56 Å². The highest BCUT2D eigenvalue weighted by Crippen LogP contribution is 2.18. The minimum atomic E-state index is -3.79. The molecule has 0 fully saturated rings. The molecule has 0 spiro atoms. The maximum absolute atomic E-state index is 11.7. The van der Waals surface area contributed by atoms with Crippen molar-refractivity contribution in [2.45, 2.75) is 11.8 Å². The molecule has 2 aromatic rings. The molecule has 2 rings (SSSR count). The summed E-state index contributed by atoms with van der Waals surface area (Å²) in [5.41, 5.74) is 0.983. The number of rotatable bonds is 3. The van der Waals surface area contributed by atoms with Gasteiger partial charge in [-0.15, -0.1) is 0 Å². The molecule has 0 atom stereocenters. The van der Waals surface area contributed by atoms with Crippen molar-refractivity contribution in [2.75, 3.05) is 0 Å². The lowest BCUT2D eigenvalue weighted by Crippen LogP contribution is -2.09. The van der Waals surface area contributed by atoms with Crippen LogP contribution in [-0.2, 0) is 10.1 Å². The number of aryl methyl sites for hydroxylation is 1. The molecule has 0 aliphatic heterocycles. The second-order valence-electron chi connectivity index (χ2n) is 3.28. The number of hydrogen-bond donors (Lipinski definition) is 0. The fourth-order valence-corrected chi connectivity index (χ4v) is 2.05. The van der Waals surface area contributed by atoms with Crippen molar-refractivity contribution in [1.29, 1.82) is 0 Å². The van der Waals surface area contributed by atoms with E-state index in [1.54, 1.807) is 18.2 Å². The fraction of sp³-hybridized carbons (Fsp3) is 0.0909. The van der Waals surface area contributed by atoms with Gasteiger partial charge in [-0.05, 0) is 25.1 Å². The summed E-state index contributed by atoms with van der Waals surface area (Å²) in [7, 11) is -3.79. The minimum Gasteiger partial charge on any atom is -0.433 e. The zero-order valence-corrected chi connectivity index (χ0v) is 9.40. The van der Waals surface area contributed by atoms with Crippen molar-refractivity contribution < 1.29 is 17.0 Å². The van der Waals surface area contributed by atoms with Gasteiger partial charge in [0.2, 0.25) is 0 Å². The Labute approximate surface area is 93.6 Å². The van der Waals surface area contributed by atoms with E-state index in [4.69, 9.17) is 8.60 Å². The van der Waals surface area contributed by atoms with Crippen molar-refractivity contribution in [3.05, 3.63) is 48.2 Å².